The molecule has 6 heteroatoms. The van der Waals surface area contributed by atoms with Crippen LogP contribution in [0.2, 0.25) is 5.02 Å². The zero-order valence-corrected chi connectivity index (χ0v) is 15.2. The molecule has 1 heterocycles. The van der Waals surface area contributed by atoms with Crippen molar-refractivity contribution in [1.82, 2.24) is 10.2 Å². The summed E-state index contributed by atoms with van der Waals surface area (Å²) in [4.78, 5) is 14.5. The SMILES string of the molecule is O=C(Cc1ccc(O)c(Cl)c1)N[C@@H]1CCCN(Cc2ccccc2F)C1. The third-order valence-electron chi connectivity index (χ3n) is 4.60. The fraction of sp³-hybridized carbons (Fsp3) is 0.350. The largest absolute Gasteiger partial charge is 0.506 e. The third kappa shape index (κ3) is 4.96. The first kappa shape index (κ1) is 18.7. The number of likely N-dealkylation sites (tertiary alicyclic amines) is 1. The van der Waals surface area contributed by atoms with Crippen LogP contribution in [0.1, 0.15) is 24.0 Å². The summed E-state index contributed by atoms with van der Waals surface area (Å²) in [7, 11) is 0. The summed E-state index contributed by atoms with van der Waals surface area (Å²) in [6.07, 6.45) is 2.09. The third-order valence-corrected chi connectivity index (χ3v) is 4.90. The Balaban J connectivity index is 1.53. The number of nitrogens with zero attached hydrogens (tertiary/aromatic N) is 1. The maximum atomic E-state index is 13.8. The van der Waals surface area contributed by atoms with E-state index in [1.807, 2.05) is 6.07 Å². The first-order valence-corrected chi connectivity index (χ1v) is 9.11. The number of benzene rings is 2. The number of rotatable bonds is 5. The van der Waals surface area contributed by atoms with Gasteiger partial charge in [0, 0.05) is 24.7 Å². The first-order chi connectivity index (χ1) is 12.5. The number of nitrogens with one attached hydrogen (secondary N) is 1. The van der Waals surface area contributed by atoms with Crippen molar-refractivity contribution in [2.45, 2.75) is 31.8 Å². The first-order valence-electron chi connectivity index (χ1n) is 8.74. The lowest BCUT2D eigenvalue weighted by Crippen LogP contribution is -2.47. The lowest BCUT2D eigenvalue weighted by molar-refractivity contribution is -0.121. The van der Waals surface area contributed by atoms with Crippen molar-refractivity contribution < 1.29 is 14.3 Å². The van der Waals surface area contributed by atoms with Gasteiger partial charge in [0.1, 0.15) is 11.6 Å². The Hall–Kier alpha value is -2.11. The van der Waals surface area contributed by atoms with Gasteiger partial charge in [-0.2, -0.15) is 0 Å². The standard InChI is InChI=1S/C20H22ClFN2O2/c21-17-10-14(7-8-19(17)25)11-20(26)23-16-5-3-9-24(13-16)12-15-4-1-2-6-18(15)22/h1-2,4,6-8,10,16,25H,3,5,9,11-13H2,(H,23,26)/t16-/m1/s1. The predicted octanol–water partition coefficient (Wildman–Crippen LogP) is 3.51. The van der Waals surface area contributed by atoms with Crippen molar-refractivity contribution in [3.8, 4) is 5.75 Å². The van der Waals surface area contributed by atoms with Gasteiger partial charge in [0.15, 0.2) is 0 Å². The molecule has 0 spiro atoms. The summed E-state index contributed by atoms with van der Waals surface area (Å²) in [5, 5.41) is 12.7. The Morgan fingerprint density at radius 1 is 1.31 bits per heavy atom. The van der Waals surface area contributed by atoms with Crippen LogP contribution in [0.25, 0.3) is 0 Å². The Morgan fingerprint density at radius 3 is 2.88 bits per heavy atom. The van der Waals surface area contributed by atoms with E-state index in [1.54, 1.807) is 24.3 Å². The van der Waals surface area contributed by atoms with E-state index in [9.17, 15) is 14.3 Å². The number of amides is 1. The smallest absolute Gasteiger partial charge is 0.224 e. The lowest BCUT2D eigenvalue weighted by atomic mass is 10.0. The van der Waals surface area contributed by atoms with E-state index in [-0.39, 0.29) is 35.0 Å². The molecule has 3 rings (SSSR count). The zero-order valence-electron chi connectivity index (χ0n) is 14.4. The van der Waals surface area contributed by atoms with Gasteiger partial charge < -0.3 is 10.4 Å². The number of carbonyl (C=O) groups excluding carboxylic acids is 1. The van der Waals surface area contributed by atoms with Gasteiger partial charge in [-0.05, 0) is 43.1 Å². The molecule has 0 aromatic heterocycles. The van der Waals surface area contributed by atoms with Crippen LogP contribution in [0.4, 0.5) is 4.39 Å². The zero-order chi connectivity index (χ0) is 18.5. The minimum absolute atomic E-state index is 0.00638. The molecule has 1 amide bonds. The van der Waals surface area contributed by atoms with Crippen LogP contribution >= 0.6 is 11.6 Å². The minimum Gasteiger partial charge on any atom is -0.506 e. The van der Waals surface area contributed by atoms with Crippen LogP contribution < -0.4 is 5.32 Å². The van der Waals surface area contributed by atoms with E-state index >= 15 is 0 Å². The van der Waals surface area contributed by atoms with Crippen molar-refractivity contribution in [2.24, 2.45) is 0 Å². The number of aromatic hydroxyl groups is 1. The molecule has 138 valence electrons. The highest BCUT2D eigenvalue weighted by Crippen LogP contribution is 2.24. The molecule has 1 atom stereocenters. The minimum atomic E-state index is -0.192. The number of piperidine rings is 1. The number of hydrogen-bond donors (Lipinski definition) is 2. The number of carbonyl (C=O) groups is 1. The van der Waals surface area contributed by atoms with Crippen LogP contribution in [0.5, 0.6) is 5.75 Å². The fourth-order valence-corrected chi connectivity index (χ4v) is 3.51. The molecular weight excluding hydrogens is 355 g/mol. The average Bonchev–Trinajstić information content (AvgIpc) is 2.60. The molecule has 1 aliphatic heterocycles. The second kappa shape index (κ2) is 8.52. The van der Waals surface area contributed by atoms with Crippen molar-refractivity contribution in [3.63, 3.8) is 0 Å². The molecule has 0 radical (unpaired) electrons. The molecule has 2 aromatic carbocycles. The van der Waals surface area contributed by atoms with E-state index in [2.05, 4.69) is 10.2 Å². The monoisotopic (exact) mass is 376 g/mol. The Kier molecular flexibility index (Phi) is 6.12. The molecule has 0 saturated carbocycles. The van der Waals surface area contributed by atoms with Crippen LogP contribution in [-0.2, 0) is 17.8 Å². The molecule has 26 heavy (non-hydrogen) atoms. The van der Waals surface area contributed by atoms with Gasteiger partial charge in [0.05, 0.1) is 11.4 Å². The van der Waals surface area contributed by atoms with Crippen molar-refractivity contribution in [1.29, 1.82) is 0 Å². The van der Waals surface area contributed by atoms with Crippen LogP contribution in [0.15, 0.2) is 42.5 Å². The van der Waals surface area contributed by atoms with Gasteiger partial charge in [0.25, 0.3) is 0 Å². The van der Waals surface area contributed by atoms with Gasteiger partial charge in [-0.15, -0.1) is 0 Å². The van der Waals surface area contributed by atoms with Crippen molar-refractivity contribution >= 4 is 17.5 Å². The van der Waals surface area contributed by atoms with Crippen LogP contribution in [0.3, 0.4) is 0 Å². The number of hydrogen-bond acceptors (Lipinski definition) is 3. The van der Waals surface area contributed by atoms with Gasteiger partial charge in [-0.3, -0.25) is 9.69 Å². The Labute approximate surface area is 157 Å². The van der Waals surface area contributed by atoms with Crippen LogP contribution in [-0.4, -0.2) is 35.0 Å². The lowest BCUT2D eigenvalue weighted by Gasteiger charge is -2.33. The molecule has 1 fully saturated rings. The van der Waals surface area contributed by atoms with Gasteiger partial charge >= 0.3 is 0 Å². The summed E-state index contributed by atoms with van der Waals surface area (Å²) in [5.74, 6) is -0.265. The molecule has 2 N–H and O–H groups in total. The second-order valence-corrected chi connectivity index (χ2v) is 7.10. The summed E-state index contributed by atoms with van der Waals surface area (Å²) < 4.78 is 13.8. The Morgan fingerprint density at radius 2 is 2.12 bits per heavy atom. The van der Waals surface area contributed by atoms with E-state index in [0.29, 0.717) is 18.7 Å². The molecule has 1 saturated heterocycles. The quantitative estimate of drug-likeness (QED) is 0.839. The van der Waals surface area contributed by atoms with E-state index in [1.165, 1.54) is 12.1 Å². The molecule has 1 aliphatic rings. The highest BCUT2D eigenvalue weighted by Gasteiger charge is 2.22. The van der Waals surface area contributed by atoms with Crippen molar-refractivity contribution in [2.75, 3.05) is 13.1 Å². The molecule has 0 unspecified atom stereocenters. The summed E-state index contributed by atoms with van der Waals surface area (Å²) in [5.41, 5.74) is 1.43. The van der Waals surface area contributed by atoms with E-state index < -0.39 is 0 Å². The molecule has 0 bridgehead atoms. The highest BCUT2D eigenvalue weighted by molar-refractivity contribution is 6.32. The normalized spacial score (nSPS) is 17.8. The highest BCUT2D eigenvalue weighted by atomic mass is 35.5. The van der Waals surface area contributed by atoms with Gasteiger partial charge in [-0.1, -0.05) is 35.9 Å². The van der Waals surface area contributed by atoms with E-state index in [0.717, 1.165) is 24.9 Å². The summed E-state index contributed by atoms with van der Waals surface area (Å²) >= 11 is 5.88. The number of phenolic OH excluding ortho intramolecular Hbond substituents is 1. The predicted molar refractivity (Wildman–Crippen MR) is 99.7 cm³/mol. The maximum Gasteiger partial charge on any atom is 0.224 e. The topological polar surface area (TPSA) is 52.6 Å². The summed E-state index contributed by atoms with van der Waals surface area (Å²) in [6.45, 7) is 2.15. The Bertz CT molecular complexity index is 784. The summed E-state index contributed by atoms with van der Waals surface area (Å²) in [6, 6.07) is 11.6. The number of halogens is 2. The molecule has 0 aliphatic carbocycles. The molecule has 4 nitrogen and oxygen atoms in total. The van der Waals surface area contributed by atoms with Crippen molar-refractivity contribution in [3.05, 3.63) is 64.4 Å². The second-order valence-electron chi connectivity index (χ2n) is 6.70. The molecular formula is C20H22ClFN2O2. The molecule has 2 aromatic rings. The number of phenols is 1. The maximum absolute atomic E-state index is 13.8. The van der Waals surface area contributed by atoms with Gasteiger partial charge in [0.2, 0.25) is 5.91 Å². The van der Waals surface area contributed by atoms with E-state index in [4.69, 9.17) is 11.6 Å². The van der Waals surface area contributed by atoms with Gasteiger partial charge in [-0.25, -0.2) is 4.39 Å². The average molecular weight is 377 g/mol. The van der Waals surface area contributed by atoms with Crippen LogP contribution in [0, 0.1) is 5.82 Å². The fourth-order valence-electron chi connectivity index (χ4n) is 3.31.